The standard InChI is InChI=1S/C32H37N3O6S/c1-23-12-14-25(15-13-23)21-34(24(2)32(37)33-26-8-6-7-9-26)31(36)22-35(42(38,39)28-10-4-3-5-11-28)27-16-17-29-30(20-27)41-19-18-40-29/h3-5,10-17,20,24,26H,6-9,18-19,21-22H2,1-2H3,(H,33,37)/t24-/m0/s1. The summed E-state index contributed by atoms with van der Waals surface area (Å²) in [6.07, 6.45) is 3.95. The number of nitrogens with one attached hydrogen (secondary N) is 1. The van der Waals surface area contributed by atoms with Gasteiger partial charge in [-0.3, -0.25) is 13.9 Å². The second kappa shape index (κ2) is 12.9. The molecule has 3 aromatic carbocycles. The number of ether oxygens (including phenoxy) is 2. The smallest absolute Gasteiger partial charge is 0.264 e. The lowest BCUT2D eigenvalue weighted by atomic mass is 10.1. The van der Waals surface area contributed by atoms with Gasteiger partial charge in [-0.15, -0.1) is 0 Å². The monoisotopic (exact) mass is 591 g/mol. The zero-order valence-electron chi connectivity index (χ0n) is 24.0. The Morgan fingerprint density at radius 2 is 1.60 bits per heavy atom. The predicted octanol–water partition coefficient (Wildman–Crippen LogP) is 4.44. The van der Waals surface area contributed by atoms with E-state index in [0.717, 1.165) is 41.1 Å². The fraction of sp³-hybridized carbons (Fsp3) is 0.375. The van der Waals surface area contributed by atoms with Gasteiger partial charge in [-0.25, -0.2) is 8.42 Å². The summed E-state index contributed by atoms with van der Waals surface area (Å²) in [5, 5.41) is 3.09. The molecule has 1 N–H and O–H groups in total. The van der Waals surface area contributed by atoms with Gasteiger partial charge in [0.1, 0.15) is 25.8 Å². The van der Waals surface area contributed by atoms with Crippen molar-refractivity contribution in [2.75, 3.05) is 24.1 Å². The minimum Gasteiger partial charge on any atom is -0.486 e. The van der Waals surface area contributed by atoms with Crippen molar-refractivity contribution in [1.29, 1.82) is 0 Å². The molecule has 0 bridgehead atoms. The van der Waals surface area contributed by atoms with Gasteiger partial charge in [0, 0.05) is 18.7 Å². The molecule has 0 spiro atoms. The van der Waals surface area contributed by atoms with Crippen LogP contribution in [0, 0.1) is 6.92 Å². The first-order valence-electron chi connectivity index (χ1n) is 14.4. The van der Waals surface area contributed by atoms with Crippen LogP contribution in [0.5, 0.6) is 11.5 Å². The van der Waals surface area contributed by atoms with E-state index in [1.165, 1.54) is 17.0 Å². The number of benzene rings is 3. The predicted molar refractivity (Wildman–Crippen MR) is 160 cm³/mol. The molecular formula is C32H37N3O6S. The molecular weight excluding hydrogens is 554 g/mol. The van der Waals surface area contributed by atoms with Crippen LogP contribution in [0.4, 0.5) is 5.69 Å². The van der Waals surface area contributed by atoms with Crippen LogP contribution in [0.2, 0.25) is 0 Å². The number of amides is 2. The summed E-state index contributed by atoms with van der Waals surface area (Å²) in [4.78, 5) is 29.0. The Balaban J connectivity index is 1.48. The summed E-state index contributed by atoms with van der Waals surface area (Å²) in [6.45, 7) is 4.04. The van der Waals surface area contributed by atoms with E-state index >= 15 is 0 Å². The highest BCUT2D eigenvalue weighted by atomic mass is 32.2. The van der Waals surface area contributed by atoms with Crippen molar-refractivity contribution in [2.24, 2.45) is 0 Å². The first-order chi connectivity index (χ1) is 20.2. The number of carbonyl (C=O) groups excluding carboxylic acids is 2. The molecule has 1 saturated carbocycles. The third kappa shape index (κ3) is 6.70. The average molecular weight is 592 g/mol. The number of fused-ring (bicyclic) bond motifs is 1. The Hall–Kier alpha value is -4.05. The fourth-order valence-corrected chi connectivity index (χ4v) is 6.73. The number of hydrogen-bond acceptors (Lipinski definition) is 6. The highest BCUT2D eigenvalue weighted by Crippen LogP contribution is 2.36. The van der Waals surface area contributed by atoms with Gasteiger partial charge in [-0.05, 0) is 56.5 Å². The number of aryl methyl sites for hydroxylation is 1. The Morgan fingerprint density at radius 1 is 0.929 bits per heavy atom. The van der Waals surface area contributed by atoms with Gasteiger partial charge in [0.15, 0.2) is 11.5 Å². The van der Waals surface area contributed by atoms with E-state index in [2.05, 4.69) is 5.32 Å². The fourth-order valence-electron chi connectivity index (χ4n) is 5.30. The van der Waals surface area contributed by atoms with Gasteiger partial charge >= 0.3 is 0 Å². The average Bonchev–Trinajstić information content (AvgIpc) is 3.52. The van der Waals surface area contributed by atoms with Gasteiger partial charge in [-0.2, -0.15) is 0 Å². The Morgan fingerprint density at radius 3 is 2.29 bits per heavy atom. The molecule has 2 aliphatic rings. The van der Waals surface area contributed by atoms with Gasteiger partial charge in [0.25, 0.3) is 10.0 Å². The van der Waals surface area contributed by atoms with Crippen LogP contribution in [-0.4, -0.2) is 57.0 Å². The van der Waals surface area contributed by atoms with E-state index in [-0.39, 0.29) is 29.1 Å². The summed E-state index contributed by atoms with van der Waals surface area (Å²) in [6, 6.07) is 19.8. The number of nitrogens with zero attached hydrogens (tertiary/aromatic N) is 2. The molecule has 5 rings (SSSR count). The first kappa shape index (κ1) is 29.4. The Bertz CT molecular complexity index is 1500. The number of hydrogen-bond donors (Lipinski definition) is 1. The highest BCUT2D eigenvalue weighted by Gasteiger charge is 2.34. The molecule has 1 aliphatic carbocycles. The Kier molecular flexibility index (Phi) is 9.01. The molecule has 1 heterocycles. The zero-order chi connectivity index (χ0) is 29.7. The number of sulfonamides is 1. The van der Waals surface area contributed by atoms with Crippen LogP contribution in [-0.2, 0) is 26.2 Å². The first-order valence-corrected chi connectivity index (χ1v) is 15.8. The molecule has 1 fully saturated rings. The lowest BCUT2D eigenvalue weighted by molar-refractivity contribution is -0.139. The molecule has 3 aromatic rings. The van der Waals surface area contributed by atoms with Gasteiger partial charge in [0.05, 0.1) is 10.6 Å². The minimum absolute atomic E-state index is 0.0461. The van der Waals surface area contributed by atoms with Crippen molar-refractivity contribution in [3.63, 3.8) is 0 Å². The zero-order valence-corrected chi connectivity index (χ0v) is 24.8. The van der Waals surface area contributed by atoms with E-state index in [9.17, 15) is 18.0 Å². The van der Waals surface area contributed by atoms with Crippen molar-refractivity contribution < 1.29 is 27.5 Å². The molecule has 222 valence electrons. The van der Waals surface area contributed by atoms with Crippen LogP contribution in [0.1, 0.15) is 43.7 Å². The lowest BCUT2D eigenvalue weighted by Gasteiger charge is -2.32. The van der Waals surface area contributed by atoms with Gasteiger partial charge in [0.2, 0.25) is 11.8 Å². The summed E-state index contributed by atoms with van der Waals surface area (Å²) < 4.78 is 40.4. The van der Waals surface area contributed by atoms with E-state index in [1.807, 2.05) is 31.2 Å². The van der Waals surface area contributed by atoms with Crippen LogP contribution in [0.15, 0.2) is 77.7 Å². The van der Waals surface area contributed by atoms with Gasteiger partial charge in [-0.1, -0.05) is 60.9 Å². The molecule has 0 unspecified atom stereocenters. The molecule has 0 saturated heterocycles. The summed E-state index contributed by atoms with van der Waals surface area (Å²) in [7, 11) is -4.16. The third-order valence-electron chi connectivity index (χ3n) is 7.77. The van der Waals surface area contributed by atoms with Crippen LogP contribution >= 0.6 is 0 Å². The summed E-state index contributed by atoms with van der Waals surface area (Å²) >= 11 is 0. The van der Waals surface area contributed by atoms with Crippen molar-refractivity contribution in [2.45, 2.75) is 63.1 Å². The van der Waals surface area contributed by atoms with Gasteiger partial charge < -0.3 is 19.7 Å². The van der Waals surface area contributed by atoms with E-state index in [1.54, 1.807) is 43.3 Å². The van der Waals surface area contributed by atoms with Crippen LogP contribution in [0.25, 0.3) is 0 Å². The maximum Gasteiger partial charge on any atom is 0.264 e. The summed E-state index contributed by atoms with van der Waals surface area (Å²) in [5.74, 6) is 0.157. The topological polar surface area (TPSA) is 105 Å². The van der Waals surface area contributed by atoms with E-state index < -0.39 is 28.5 Å². The molecule has 2 amide bonds. The largest absolute Gasteiger partial charge is 0.486 e. The molecule has 0 radical (unpaired) electrons. The number of rotatable bonds is 10. The normalized spacial score (nSPS) is 15.6. The van der Waals surface area contributed by atoms with Crippen molar-refractivity contribution >= 4 is 27.5 Å². The molecule has 42 heavy (non-hydrogen) atoms. The molecule has 1 aliphatic heterocycles. The van der Waals surface area contributed by atoms with Crippen molar-refractivity contribution in [1.82, 2.24) is 10.2 Å². The van der Waals surface area contributed by atoms with Crippen LogP contribution < -0.4 is 19.1 Å². The maximum absolute atomic E-state index is 14.1. The minimum atomic E-state index is -4.16. The second-order valence-electron chi connectivity index (χ2n) is 10.8. The third-order valence-corrected chi connectivity index (χ3v) is 9.55. The van der Waals surface area contributed by atoms with Crippen molar-refractivity contribution in [3.8, 4) is 11.5 Å². The number of carbonyl (C=O) groups is 2. The molecule has 10 heteroatoms. The van der Waals surface area contributed by atoms with E-state index in [0.29, 0.717) is 24.7 Å². The SMILES string of the molecule is Cc1ccc(CN(C(=O)CN(c2ccc3c(c2)OCCO3)S(=O)(=O)c2ccccc2)[C@@H](C)C(=O)NC2CCCC2)cc1. The van der Waals surface area contributed by atoms with Crippen LogP contribution in [0.3, 0.4) is 0 Å². The quantitative estimate of drug-likeness (QED) is 0.374. The van der Waals surface area contributed by atoms with Crippen molar-refractivity contribution in [3.05, 3.63) is 83.9 Å². The molecule has 1 atom stereocenters. The Labute approximate surface area is 247 Å². The molecule has 9 nitrogen and oxygen atoms in total. The summed E-state index contributed by atoms with van der Waals surface area (Å²) in [5.41, 5.74) is 2.17. The number of anilines is 1. The molecule has 0 aromatic heterocycles. The highest BCUT2D eigenvalue weighted by molar-refractivity contribution is 7.92. The maximum atomic E-state index is 14.1. The van der Waals surface area contributed by atoms with E-state index in [4.69, 9.17) is 9.47 Å². The second-order valence-corrected chi connectivity index (χ2v) is 12.7. The lowest BCUT2D eigenvalue weighted by Crippen LogP contribution is -2.52.